The fourth-order valence-corrected chi connectivity index (χ4v) is 9.48. The van der Waals surface area contributed by atoms with Gasteiger partial charge in [0.25, 0.3) is 5.91 Å². The van der Waals surface area contributed by atoms with Crippen molar-refractivity contribution in [1.29, 1.82) is 0 Å². The summed E-state index contributed by atoms with van der Waals surface area (Å²) >= 11 is 1.60. The molecule has 2 aromatic rings. The van der Waals surface area contributed by atoms with Crippen LogP contribution in [0.4, 0.5) is 5.69 Å². The Morgan fingerprint density at radius 2 is 1.63 bits per heavy atom. The summed E-state index contributed by atoms with van der Waals surface area (Å²) in [6, 6.07) is 16.5. The summed E-state index contributed by atoms with van der Waals surface area (Å²) in [4.78, 5) is 49.0. The molecule has 2 aromatic carbocycles. The number of carbonyl (C=O) groups is 3. The molecule has 1 spiro atoms. The summed E-state index contributed by atoms with van der Waals surface area (Å²) in [6.07, 6.45) is 10.3. The number of hydrogen-bond acceptors (Lipinski definition) is 6. The molecule has 0 radical (unpaired) electrons. The smallest absolute Gasteiger partial charge is 0.251 e. The van der Waals surface area contributed by atoms with E-state index in [1.165, 1.54) is 0 Å². The van der Waals surface area contributed by atoms with E-state index in [0.29, 0.717) is 44.8 Å². The van der Waals surface area contributed by atoms with Gasteiger partial charge in [0.05, 0.1) is 23.7 Å². The number of fused-ring (bicyclic) bond motifs is 2. The average molecular weight is 602 g/mol. The van der Waals surface area contributed by atoms with Gasteiger partial charge in [-0.1, -0.05) is 54.6 Å². The molecule has 1 unspecified atom stereocenters. The number of likely N-dealkylation sites (tertiary alicyclic amines) is 1. The van der Waals surface area contributed by atoms with Crippen LogP contribution >= 0.6 is 11.8 Å². The Kier molecular flexibility index (Phi) is 8.13. The van der Waals surface area contributed by atoms with Crippen LogP contribution in [0, 0.1) is 11.8 Å². The lowest BCUT2D eigenvalue weighted by molar-refractivity contribution is -0.144. The van der Waals surface area contributed by atoms with Gasteiger partial charge in [-0.3, -0.25) is 14.4 Å². The minimum absolute atomic E-state index is 0.0444. The summed E-state index contributed by atoms with van der Waals surface area (Å²) in [5.74, 6) is -0.898. The van der Waals surface area contributed by atoms with E-state index in [2.05, 4.69) is 19.1 Å². The van der Waals surface area contributed by atoms with Gasteiger partial charge >= 0.3 is 0 Å². The molecule has 5 atom stereocenters. The Morgan fingerprint density at radius 3 is 2.35 bits per heavy atom. The van der Waals surface area contributed by atoms with Gasteiger partial charge in [-0.05, 0) is 56.0 Å². The van der Waals surface area contributed by atoms with Crippen LogP contribution in [0.15, 0.2) is 78.9 Å². The molecule has 1 N–H and O–H groups in total. The van der Waals surface area contributed by atoms with Crippen molar-refractivity contribution in [3.8, 4) is 5.75 Å². The zero-order valence-electron chi connectivity index (χ0n) is 24.7. The summed E-state index contributed by atoms with van der Waals surface area (Å²) in [5, 5.41) is 9.34. The van der Waals surface area contributed by atoms with Crippen LogP contribution in [-0.4, -0.2) is 81.5 Å². The van der Waals surface area contributed by atoms with Crippen molar-refractivity contribution in [2.24, 2.45) is 11.8 Å². The number of ether oxygens (including phenoxy) is 1. The topological polar surface area (TPSA) is 90.4 Å². The van der Waals surface area contributed by atoms with E-state index in [1.54, 1.807) is 28.7 Å². The van der Waals surface area contributed by atoms with Gasteiger partial charge in [0, 0.05) is 43.2 Å². The monoisotopic (exact) mass is 601 g/mol. The van der Waals surface area contributed by atoms with Gasteiger partial charge in [0.15, 0.2) is 0 Å². The number of carbonyl (C=O) groups excluding carboxylic acids is 3. The van der Waals surface area contributed by atoms with Gasteiger partial charge in [-0.2, -0.15) is 0 Å². The molecule has 0 aromatic heterocycles. The van der Waals surface area contributed by atoms with Crippen LogP contribution in [0.1, 0.15) is 31.7 Å². The average Bonchev–Trinajstić information content (AvgIpc) is 3.28. The number of aliphatic hydroxyl groups is 1. The minimum atomic E-state index is -0.887. The number of hydrogen-bond donors (Lipinski definition) is 1. The highest BCUT2D eigenvalue weighted by atomic mass is 32.2. The molecule has 4 aliphatic rings. The third kappa shape index (κ3) is 5.06. The summed E-state index contributed by atoms with van der Waals surface area (Å²) in [7, 11) is 1.60. The molecule has 2 fully saturated rings. The first-order chi connectivity index (χ1) is 20.8. The lowest BCUT2D eigenvalue weighted by Gasteiger charge is -2.37. The predicted molar refractivity (Wildman–Crippen MR) is 168 cm³/mol. The minimum Gasteiger partial charge on any atom is -0.497 e. The first-order valence-corrected chi connectivity index (χ1v) is 15.9. The third-order valence-electron chi connectivity index (χ3n) is 9.30. The molecule has 4 heterocycles. The maximum absolute atomic E-state index is 14.6. The van der Waals surface area contributed by atoms with Crippen molar-refractivity contribution >= 4 is 35.2 Å². The number of anilines is 1. The molecule has 43 heavy (non-hydrogen) atoms. The lowest BCUT2D eigenvalue weighted by atomic mass is 9.74. The molecule has 8 nitrogen and oxygen atoms in total. The number of aliphatic hydroxyl groups excluding tert-OH is 1. The van der Waals surface area contributed by atoms with Crippen molar-refractivity contribution in [2.45, 2.75) is 48.3 Å². The van der Waals surface area contributed by atoms with E-state index < -0.39 is 27.4 Å². The first-order valence-electron chi connectivity index (χ1n) is 15.1. The highest BCUT2D eigenvalue weighted by molar-refractivity contribution is 8.02. The molecule has 6 rings (SSSR count). The fraction of sp³-hybridized carbons (Fsp3) is 0.441. The van der Waals surface area contributed by atoms with Crippen LogP contribution in [0.2, 0.25) is 0 Å². The highest BCUT2D eigenvalue weighted by Crippen LogP contribution is 2.65. The van der Waals surface area contributed by atoms with Gasteiger partial charge in [0.1, 0.15) is 11.8 Å². The number of methoxy groups -OCH3 is 1. The molecule has 0 bridgehead atoms. The molecule has 4 aliphatic heterocycles. The van der Waals surface area contributed by atoms with Crippen molar-refractivity contribution in [2.75, 3.05) is 38.3 Å². The van der Waals surface area contributed by atoms with E-state index in [4.69, 9.17) is 4.74 Å². The maximum Gasteiger partial charge on any atom is 0.251 e. The SMILES string of the molecule is COc1ccc(N2CC=C[C@]34S[C@@]5(C)C=CCN(Cc6ccccc6)C(=O)[C@H]5[C@H]3C(=O)N(CCCCCO)C4C2=O)cc1. The largest absolute Gasteiger partial charge is 0.497 e. The molecule has 9 heteroatoms. The predicted octanol–water partition coefficient (Wildman–Crippen LogP) is 4.05. The number of nitrogens with zero attached hydrogens (tertiary/aromatic N) is 3. The molecule has 226 valence electrons. The van der Waals surface area contributed by atoms with Gasteiger partial charge < -0.3 is 24.5 Å². The molecule has 2 saturated heterocycles. The Balaban J connectivity index is 1.39. The van der Waals surface area contributed by atoms with Crippen molar-refractivity contribution in [1.82, 2.24) is 9.80 Å². The van der Waals surface area contributed by atoms with Gasteiger partial charge in [-0.15, -0.1) is 11.8 Å². The standard InChI is InChI=1S/C34H39N3O5S/c1-33-17-9-19-35(23-24-11-5-3-6-12-24)30(39)27(33)28-31(40)37(20-7-4-8-22-38)29-32(41)36(21-10-18-34(28,29)43-33)25-13-15-26(42-2)16-14-25/h3,5-6,9-18,27-29,38H,4,7-8,19-23H2,1-2H3/t27-,28+,29?,33+,34+/m1/s1. The second kappa shape index (κ2) is 11.8. The molecular weight excluding hydrogens is 562 g/mol. The fourth-order valence-electron chi connectivity index (χ4n) is 7.32. The highest BCUT2D eigenvalue weighted by Gasteiger charge is 2.73. The zero-order chi connectivity index (χ0) is 30.2. The summed E-state index contributed by atoms with van der Waals surface area (Å²) in [6.45, 7) is 3.85. The van der Waals surface area contributed by atoms with Crippen LogP contribution in [0.3, 0.4) is 0 Å². The lowest BCUT2D eigenvalue weighted by Crippen LogP contribution is -2.53. The van der Waals surface area contributed by atoms with E-state index in [1.807, 2.05) is 71.6 Å². The van der Waals surface area contributed by atoms with Crippen LogP contribution < -0.4 is 9.64 Å². The number of unbranched alkanes of at least 4 members (excludes halogenated alkanes) is 2. The summed E-state index contributed by atoms with van der Waals surface area (Å²) in [5.41, 5.74) is 1.77. The van der Waals surface area contributed by atoms with Crippen LogP contribution in [0.25, 0.3) is 0 Å². The quantitative estimate of drug-likeness (QED) is 0.345. The first kappa shape index (κ1) is 29.5. The Morgan fingerprint density at radius 1 is 0.884 bits per heavy atom. The zero-order valence-corrected chi connectivity index (χ0v) is 25.5. The third-order valence-corrected chi connectivity index (χ3v) is 11.1. The van der Waals surface area contributed by atoms with Crippen LogP contribution in [-0.2, 0) is 20.9 Å². The van der Waals surface area contributed by atoms with E-state index in [0.717, 1.165) is 17.7 Å². The van der Waals surface area contributed by atoms with E-state index in [9.17, 15) is 19.5 Å². The summed E-state index contributed by atoms with van der Waals surface area (Å²) < 4.78 is 3.79. The second-order valence-corrected chi connectivity index (χ2v) is 13.8. The van der Waals surface area contributed by atoms with Crippen molar-refractivity contribution < 1.29 is 24.2 Å². The number of amides is 3. The number of rotatable bonds is 9. The van der Waals surface area contributed by atoms with Gasteiger partial charge in [0.2, 0.25) is 11.8 Å². The van der Waals surface area contributed by atoms with Crippen molar-refractivity contribution in [3.05, 3.63) is 84.5 Å². The number of thioether (sulfide) groups is 1. The van der Waals surface area contributed by atoms with Gasteiger partial charge in [-0.25, -0.2) is 0 Å². The second-order valence-electron chi connectivity index (χ2n) is 12.0. The Hall–Kier alpha value is -3.56. The molecule has 0 aliphatic carbocycles. The Labute approximate surface area is 257 Å². The van der Waals surface area contributed by atoms with Crippen LogP contribution in [0.5, 0.6) is 5.75 Å². The van der Waals surface area contributed by atoms with E-state index in [-0.39, 0.29) is 24.3 Å². The molecule has 0 saturated carbocycles. The molecule has 3 amide bonds. The normalized spacial score (nSPS) is 29.8. The maximum atomic E-state index is 14.6. The Bertz CT molecular complexity index is 1430. The van der Waals surface area contributed by atoms with E-state index >= 15 is 0 Å². The molecular formula is C34H39N3O5S. The number of benzene rings is 2. The van der Waals surface area contributed by atoms with Crippen molar-refractivity contribution in [3.63, 3.8) is 0 Å².